The molecule has 0 aliphatic carbocycles. The molecule has 0 bridgehead atoms. The van der Waals surface area contributed by atoms with Gasteiger partial charge in [-0.1, -0.05) is 36.8 Å². The summed E-state index contributed by atoms with van der Waals surface area (Å²) >= 11 is 0. The van der Waals surface area contributed by atoms with Crippen molar-refractivity contribution in [2.75, 3.05) is 40.4 Å². The maximum absolute atomic E-state index is 5.13. The maximum atomic E-state index is 5.13. The Kier molecular flexibility index (Phi) is 7.72. The first-order valence-electron chi connectivity index (χ1n) is 7.14. The van der Waals surface area contributed by atoms with Gasteiger partial charge < -0.3 is 15.0 Å². The van der Waals surface area contributed by atoms with E-state index in [9.17, 15) is 0 Å². The molecule has 1 aromatic rings. The second kappa shape index (κ2) is 9.08. The van der Waals surface area contributed by atoms with Crippen LogP contribution in [0.15, 0.2) is 24.3 Å². The Bertz CT molecular complexity index is 337. The molecule has 0 radical (unpaired) electrons. The van der Waals surface area contributed by atoms with Crippen LogP contribution in [0.1, 0.15) is 30.5 Å². The third-order valence-electron chi connectivity index (χ3n) is 3.29. The van der Waals surface area contributed by atoms with Gasteiger partial charge in [-0.3, -0.25) is 0 Å². The van der Waals surface area contributed by atoms with Crippen molar-refractivity contribution >= 4 is 0 Å². The van der Waals surface area contributed by atoms with Gasteiger partial charge in [-0.2, -0.15) is 0 Å². The Morgan fingerprint density at radius 1 is 1.26 bits per heavy atom. The normalized spacial score (nSPS) is 12.9. The summed E-state index contributed by atoms with van der Waals surface area (Å²) in [5.41, 5.74) is 2.68. The quantitative estimate of drug-likeness (QED) is 0.742. The van der Waals surface area contributed by atoms with Crippen molar-refractivity contribution in [3.8, 4) is 0 Å². The highest BCUT2D eigenvalue weighted by atomic mass is 16.5. The zero-order valence-corrected chi connectivity index (χ0v) is 12.8. The van der Waals surface area contributed by atoms with E-state index in [1.165, 1.54) is 11.1 Å². The Balaban J connectivity index is 2.62. The van der Waals surface area contributed by atoms with Gasteiger partial charge in [-0.05, 0) is 32.5 Å². The van der Waals surface area contributed by atoms with Gasteiger partial charge in [0.25, 0.3) is 0 Å². The van der Waals surface area contributed by atoms with Crippen LogP contribution in [-0.4, -0.2) is 45.3 Å². The van der Waals surface area contributed by atoms with E-state index >= 15 is 0 Å². The van der Waals surface area contributed by atoms with Crippen LogP contribution in [0.5, 0.6) is 0 Å². The molecule has 1 rings (SSSR count). The van der Waals surface area contributed by atoms with Gasteiger partial charge in [0, 0.05) is 26.2 Å². The predicted molar refractivity (Wildman–Crippen MR) is 81.6 cm³/mol. The number of nitrogens with one attached hydrogen (secondary N) is 1. The first kappa shape index (κ1) is 16.2. The highest BCUT2D eigenvalue weighted by molar-refractivity contribution is 5.24. The molecular formula is C16H28N2O. The van der Waals surface area contributed by atoms with E-state index in [1.807, 2.05) is 0 Å². The van der Waals surface area contributed by atoms with Crippen LogP contribution in [0.2, 0.25) is 0 Å². The molecule has 1 unspecified atom stereocenters. The molecule has 1 aromatic carbocycles. The Labute approximate surface area is 118 Å². The fourth-order valence-corrected chi connectivity index (χ4v) is 2.06. The lowest BCUT2D eigenvalue weighted by Crippen LogP contribution is -2.35. The van der Waals surface area contributed by atoms with Crippen molar-refractivity contribution in [3.63, 3.8) is 0 Å². The van der Waals surface area contributed by atoms with Gasteiger partial charge in [0.2, 0.25) is 0 Å². The van der Waals surface area contributed by atoms with E-state index in [0.29, 0.717) is 6.04 Å². The summed E-state index contributed by atoms with van der Waals surface area (Å²) < 4.78 is 5.13. The summed E-state index contributed by atoms with van der Waals surface area (Å²) in [5, 5.41) is 3.63. The average molecular weight is 264 g/mol. The number of rotatable bonds is 9. The number of benzene rings is 1. The van der Waals surface area contributed by atoms with Gasteiger partial charge in [-0.25, -0.2) is 0 Å². The van der Waals surface area contributed by atoms with E-state index in [2.05, 4.69) is 55.4 Å². The number of likely N-dealkylation sites (N-methyl/N-ethyl adjacent to an activating group) is 1. The predicted octanol–water partition coefficient (Wildman–Crippen LogP) is 2.61. The molecule has 108 valence electrons. The third-order valence-corrected chi connectivity index (χ3v) is 3.29. The minimum Gasteiger partial charge on any atom is -0.383 e. The number of hydrogen-bond acceptors (Lipinski definition) is 3. The van der Waals surface area contributed by atoms with Crippen molar-refractivity contribution in [2.45, 2.75) is 26.3 Å². The molecule has 0 saturated carbocycles. The molecule has 0 aliphatic heterocycles. The van der Waals surface area contributed by atoms with E-state index in [-0.39, 0.29) is 0 Å². The summed E-state index contributed by atoms with van der Waals surface area (Å²) in [4.78, 5) is 2.32. The van der Waals surface area contributed by atoms with Crippen LogP contribution in [0.4, 0.5) is 0 Å². The van der Waals surface area contributed by atoms with Crippen LogP contribution < -0.4 is 5.32 Å². The summed E-state index contributed by atoms with van der Waals surface area (Å²) in [6.45, 7) is 8.14. The van der Waals surface area contributed by atoms with Crippen LogP contribution in [0.25, 0.3) is 0 Å². The minimum absolute atomic E-state index is 0.391. The molecule has 0 heterocycles. The van der Waals surface area contributed by atoms with Gasteiger partial charge >= 0.3 is 0 Å². The Morgan fingerprint density at radius 3 is 2.53 bits per heavy atom. The molecule has 19 heavy (non-hydrogen) atoms. The van der Waals surface area contributed by atoms with Crippen molar-refractivity contribution < 1.29 is 4.74 Å². The molecule has 0 fully saturated rings. The number of hydrogen-bond donors (Lipinski definition) is 1. The van der Waals surface area contributed by atoms with Crippen LogP contribution in [0, 0.1) is 6.92 Å². The fourth-order valence-electron chi connectivity index (χ4n) is 2.06. The first-order valence-corrected chi connectivity index (χ1v) is 7.14. The van der Waals surface area contributed by atoms with Crippen LogP contribution in [-0.2, 0) is 4.74 Å². The first-order chi connectivity index (χ1) is 9.17. The zero-order chi connectivity index (χ0) is 14.1. The molecule has 0 aliphatic rings. The second-order valence-corrected chi connectivity index (χ2v) is 5.17. The number of ether oxygens (including phenoxy) is 1. The maximum Gasteiger partial charge on any atom is 0.0589 e. The van der Waals surface area contributed by atoms with Gasteiger partial charge in [0.05, 0.1) is 6.61 Å². The molecule has 0 spiro atoms. The fraction of sp³-hybridized carbons (Fsp3) is 0.625. The van der Waals surface area contributed by atoms with E-state index in [4.69, 9.17) is 4.74 Å². The molecule has 1 N–H and O–H groups in total. The van der Waals surface area contributed by atoms with E-state index in [0.717, 1.165) is 32.7 Å². The molecule has 0 saturated heterocycles. The summed E-state index contributed by atoms with van der Waals surface area (Å²) in [5.74, 6) is 0. The van der Waals surface area contributed by atoms with Crippen LogP contribution in [0.3, 0.4) is 0 Å². The summed E-state index contributed by atoms with van der Waals surface area (Å²) in [7, 11) is 3.90. The SMILES string of the molecule is CCCNC(CN(C)CCOC)c1ccc(C)cc1. The van der Waals surface area contributed by atoms with Crippen molar-refractivity contribution in [3.05, 3.63) is 35.4 Å². The summed E-state index contributed by atoms with van der Waals surface area (Å²) in [6, 6.07) is 9.22. The van der Waals surface area contributed by atoms with E-state index < -0.39 is 0 Å². The Morgan fingerprint density at radius 2 is 1.95 bits per heavy atom. The molecular weight excluding hydrogens is 236 g/mol. The van der Waals surface area contributed by atoms with E-state index in [1.54, 1.807) is 7.11 Å². The highest BCUT2D eigenvalue weighted by Crippen LogP contribution is 2.15. The third kappa shape index (κ3) is 6.19. The number of aryl methyl sites for hydroxylation is 1. The highest BCUT2D eigenvalue weighted by Gasteiger charge is 2.12. The topological polar surface area (TPSA) is 24.5 Å². The average Bonchev–Trinajstić information content (AvgIpc) is 2.42. The monoisotopic (exact) mass is 264 g/mol. The number of nitrogens with zero attached hydrogens (tertiary/aromatic N) is 1. The minimum atomic E-state index is 0.391. The molecule has 3 nitrogen and oxygen atoms in total. The van der Waals surface area contributed by atoms with Crippen molar-refractivity contribution in [1.29, 1.82) is 0 Å². The number of methoxy groups -OCH3 is 1. The lowest BCUT2D eigenvalue weighted by atomic mass is 10.0. The second-order valence-electron chi connectivity index (χ2n) is 5.17. The molecule has 1 atom stereocenters. The lowest BCUT2D eigenvalue weighted by molar-refractivity contribution is 0.155. The van der Waals surface area contributed by atoms with Crippen LogP contribution >= 0.6 is 0 Å². The molecule has 3 heteroatoms. The standard InChI is InChI=1S/C16H28N2O/c1-5-10-17-16(13-18(3)11-12-19-4)15-8-6-14(2)7-9-15/h6-9,16-17H,5,10-13H2,1-4H3. The lowest BCUT2D eigenvalue weighted by Gasteiger charge is -2.25. The molecule has 0 amide bonds. The summed E-state index contributed by atoms with van der Waals surface area (Å²) in [6.07, 6.45) is 1.16. The van der Waals surface area contributed by atoms with Gasteiger partial charge in [0.1, 0.15) is 0 Å². The zero-order valence-electron chi connectivity index (χ0n) is 12.8. The molecule has 0 aromatic heterocycles. The van der Waals surface area contributed by atoms with Gasteiger partial charge in [0.15, 0.2) is 0 Å². The van der Waals surface area contributed by atoms with Crippen molar-refractivity contribution in [2.24, 2.45) is 0 Å². The van der Waals surface area contributed by atoms with Crippen molar-refractivity contribution in [1.82, 2.24) is 10.2 Å². The largest absolute Gasteiger partial charge is 0.383 e. The smallest absolute Gasteiger partial charge is 0.0589 e. The van der Waals surface area contributed by atoms with Gasteiger partial charge in [-0.15, -0.1) is 0 Å². The Hall–Kier alpha value is -0.900.